The number of ether oxygens (including phenoxy) is 4. The minimum Gasteiger partial charge on any atom is -0.457 e. The summed E-state index contributed by atoms with van der Waals surface area (Å²) in [6, 6.07) is 0. The summed E-state index contributed by atoms with van der Waals surface area (Å²) in [5.74, 6) is -0.412. The highest BCUT2D eigenvalue weighted by atomic mass is 32.3. The van der Waals surface area contributed by atoms with Gasteiger partial charge in [0.2, 0.25) is 0 Å². The molecule has 1 aliphatic heterocycles. The molecule has 1 aliphatic rings. The molecule has 0 aromatic heterocycles. The van der Waals surface area contributed by atoms with E-state index in [-0.39, 0.29) is 19.6 Å². The zero-order valence-corrected chi connectivity index (χ0v) is 39.7. The smallest absolute Gasteiger partial charge is 0.397 e. The normalized spacial score (nSPS) is 20.3. The van der Waals surface area contributed by atoms with Crippen LogP contribution in [0.3, 0.4) is 0 Å². The van der Waals surface area contributed by atoms with E-state index >= 15 is 0 Å². The van der Waals surface area contributed by atoms with Crippen molar-refractivity contribution in [2.45, 2.75) is 243 Å². The zero-order chi connectivity index (χ0) is 45.4. The maximum Gasteiger partial charge on any atom is 0.397 e. The van der Waals surface area contributed by atoms with Gasteiger partial charge in [-0.25, -0.2) is 4.18 Å². The van der Waals surface area contributed by atoms with E-state index in [1.54, 1.807) is 0 Å². The third-order valence-corrected chi connectivity index (χ3v) is 11.7. The summed E-state index contributed by atoms with van der Waals surface area (Å²) < 4.78 is 59.2. The molecule has 1 fully saturated rings. The van der Waals surface area contributed by atoms with E-state index in [1.165, 1.54) is 116 Å². The number of carbonyl (C=O) groups is 1. The Hall–Kier alpha value is -1.68. The van der Waals surface area contributed by atoms with Gasteiger partial charge in [-0.15, -0.1) is 0 Å². The van der Waals surface area contributed by atoms with Crippen LogP contribution in [0.5, 0.6) is 0 Å². The minimum atomic E-state index is -5.06. The summed E-state index contributed by atoms with van der Waals surface area (Å²) in [6.45, 7) is 3.95. The van der Waals surface area contributed by atoms with Gasteiger partial charge >= 0.3 is 16.4 Å². The lowest BCUT2D eigenvalue weighted by atomic mass is 9.99. The Balaban J connectivity index is 2.38. The van der Waals surface area contributed by atoms with E-state index in [4.69, 9.17) is 18.9 Å². The number of hydrogen-bond donors (Lipinski definition) is 4. The van der Waals surface area contributed by atoms with Gasteiger partial charge in [0.05, 0.1) is 19.8 Å². The second kappa shape index (κ2) is 40.8. The van der Waals surface area contributed by atoms with Crippen LogP contribution in [-0.2, 0) is 38.3 Å². The molecule has 13 heteroatoms. The van der Waals surface area contributed by atoms with E-state index < -0.39 is 59.8 Å². The summed E-state index contributed by atoms with van der Waals surface area (Å²) in [6.07, 6.45) is 38.9. The minimum absolute atomic E-state index is 0.0304. The van der Waals surface area contributed by atoms with Crippen molar-refractivity contribution >= 4 is 16.4 Å². The molecule has 1 saturated heterocycles. The zero-order valence-electron chi connectivity index (χ0n) is 38.9. The van der Waals surface area contributed by atoms with E-state index in [1.807, 2.05) is 0 Å². The van der Waals surface area contributed by atoms with Crippen LogP contribution in [0.2, 0.25) is 0 Å². The quantitative estimate of drug-likeness (QED) is 0.0197. The molecule has 12 nitrogen and oxygen atoms in total. The lowest BCUT2D eigenvalue weighted by Gasteiger charge is -2.41. The van der Waals surface area contributed by atoms with Crippen molar-refractivity contribution in [3.05, 3.63) is 36.5 Å². The highest BCUT2D eigenvalue weighted by Gasteiger charge is 2.48. The number of allylic oxidation sites excluding steroid dienone is 6. The van der Waals surface area contributed by atoms with Crippen molar-refractivity contribution in [2.24, 2.45) is 0 Å². The number of carbonyl (C=O) groups excluding carboxylic acids is 1. The molecule has 4 N–H and O–H groups in total. The van der Waals surface area contributed by atoms with Crippen LogP contribution in [0.1, 0.15) is 206 Å². The van der Waals surface area contributed by atoms with Crippen LogP contribution >= 0.6 is 0 Å². The Morgan fingerprint density at radius 2 is 1.06 bits per heavy atom. The van der Waals surface area contributed by atoms with Gasteiger partial charge < -0.3 is 34.3 Å². The van der Waals surface area contributed by atoms with Crippen molar-refractivity contribution < 1.29 is 56.2 Å². The second-order valence-corrected chi connectivity index (χ2v) is 18.1. The first-order valence-corrected chi connectivity index (χ1v) is 26.1. The van der Waals surface area contributed by atoms with Crippen LogP contribution in [-0.4, -0.2) is 97.5 Å². The standard InChI is InChI=1S/C49H90O12S/c1-3-5-7-9-11-13-15-17-19-20-21-22-23-25-27-29-31-33-35-37-39-57-41-43(42-58-49-47(53)48(61-62(54,55)56)46(52)44(40-50)60-49)59-45(51)38-36-34-32-30-28-26-24-18-16-14-12-10-8-6-4-2/h12,14,17-19,24,43-44,46-50,52-53H,3-11,13,15-16,20-23,25-42H2,1-2H3,(H,54,55,56)/b14-12-,19-17-,24-18-. The molecule has 0 saturated carbocycles. The fourth-order valence-corrected chi connectivity index (χ4v) is 7.97. The van der Waals surface area contributed by atoms with Gasteiger partial charge in [0.1, 0.15) is 30.5 Å². The fraction of sp³-hybridized carbons (Fsp3) is 0.857. The lowest BCUT2D eigenvalue weighted by Crippen LogP contribution is -2.60. The topological polar surface area (TPSA) is 178 Å². The third kappa shape index (κ3) is 33.8. The Kier molecular flexibility index (Phi) is 38.4. The van der Waals surface area contributed by atoms with E-state index in [2.05, 4.69) is 54.5 Å². The van der Waals surface area contributed by atoms with Crippen molar-refractivity contribution in [3.8, 4) is 0 Å². The molecular formula is C49H90O12S. The van der Waals surface area contributed by atoms with Gasteiger partial charge in [-0.2, -0.15) is 8.42 Å². The molecule has 62 heavy (non-hydrogen) atoms. The largest absolute Gasteiger partial charge is 0.457 e. The molecule has 1 heterocycles. The molecule has 0 aromatic carbocycles. The van der Waals surface area contributed by atoms with Gasteiger partial charge in [0, 0.05) is 13.0 Å². The summed E-state index contributed by atoms with van der Waals surface area (Å²) >= 11 is 0. The first kappa shape index (κ1) is 58.3. The number of hydrogen-bond acceptors (Lipinski definition) is 11. The van der Waals surface area contributed by atoms with Gasteiger partial charge in [-0.1, -0.05) is 166 Å². The number of aliphatic hydroxyl groups is 3. The Morgan fingerprint density at radius 1 is 0.613 bits per heavy atom. The number of rotatable bonds is 43. The average molecular weight is 903 g/mol. The van der Waals surface area contributed by atoms with Gasteiger partial charge in [-0.05, 0) is 70.6 Å². The van der Waals surface area contributed by atoms with Crippen molar-refractivity contribution in [1.29, 1.82) is 0 Å². The van der Waals surface area contributed by atoms with Crippen LogP contribution < -0.4 is 0 Å². The monoisotopic (exact) mass is 903 g/mol. The number of unbranched alkanes of at least 4 members (excludes halogenated alkanes) is 24. The highest BCUT2D eigenvalue weighted by molar-refractivity contribution is 7.80. The maximum absolute atomic E-state index is 12.9. The Morgan fingerprint density at radius 3 is 1.58 bits per heavy atom. The number of esters is 1. The first-order chi connectivity index (χ1) is 30.1. The molecule has 0 radical (unpaired) electrons. The van der Waals surface area contributed by atoms with Gasteiger partial charge in [0.15, 0.2) is 6.29 Å². The van der Waals surface area contributed by atoms with E-state index in [0.29, 0.717) is 13.0 Å². The molecule has 6 unspecified atom stereocenters. The lowest BCUT2D eigenvalue weighted by molar-refractivity contribution is -0.301. The van der Waals surface area contributed by atoms with E-state index in [0.717, 1.165) is 64.2 Å². The summed E-state index contributed by atoms with van der Waals surface area (Å²) in [7, 11) is -5.06. The molecule has 6 atom stereocenters. The van der Waals surface area contributed by atoms with Gasteiger partial charge in [0.25, 0.3) is 0 Å². The molecule has 0 bridgehead atoms. The van der Waals surface area contributed by atoms with Crippen molar-refractivity contribution in [2.75, 3.05) is 26.4 Å². The molecule has 1 rings (SSSR count). The predicted molar refractivity (Wildman–Crippen MR) is 248 cm³/mol. The molecule has 0 aliphatic carbocycles. The molecular weight excluding hydrogens is 813 g/mol. The van der Waals surface area contributed by atoms with Crippen LogP contribution in [0.25, 0.3) is 0 Å². The predicted octanol–water partition coefficient (Wildman–Crippen LogP) is 11.0. The van der Waals surface area contributed by atoms with Crippen LogP contribution in [0.15, 0.2) is 36.5 Å². The third-order valence-electron chi connectivity index (χ3n) is 11.2. The summed E-state index contributed by atoms with van der Waals surface area (Å²) in [5.41, 5.74) is 0. The molecule has 0 amide bonds. The fourth-order valence-electron chi connectivity index (χ4n) is 7.46. The molecule has 0 spiro atoms. The van der Waals surface area contributed by atoms with Gasteiger partial charge in [-0.3, -0.25) is 9.35 Å². The maximum atomic E-state index is 12.9. The second-order valence-electron chi connectivity index (χ2n) is 17.0. The Labute approximate surface area is 377 Å². The summed E-state index contributed by atoms with van der Waals surface area (Å²) in [4.78, 5) is 12.9. The summed E-state index contributed by atoms with van der Waals surface area (Å²) in [5, 5.41) is 30.7. The highest BCUT2D eigenvalue weighted by Crippen LogP contribution is 2.26. The van der Waals surface area contributed by atoms with Crippen molar-refractivity contribution in [3.63, 3.8) is 0 Å². The number of aliphatic hydroxyl groups excluding tert-OH is 3. The van der Waals surface area contributed by atoms with Crippen LogP contribution in [0, 0.1) is 0 Å². The molecule has 0 aromatic rings. The first-order valence-electron chi connectivity index (χ1n) is 24.7. The SMILES string of the molecule is CCCCC/C=C\C/C=C\CCCCCCCC(=O)OC(COCCCCCCCCCCCC/C=C\CCCCCCCC)COC1OC(CO)C(O)C(OS(=O)(=O)O)C1O. The average Bonchev–Trinajstić information content (AvgIpc) is 3.24. The Bertz CT molecular complexity index is 1230. The van der Waals surface area contributed by atoms with Crippen LogP contribution in [0.4, 0.5) is 0 Å². The van der Waals surface area contributed by atoms with E-state index in [9.17, 15) is 33.1 Å². The van der Waals surface area contributed by atoms with Crippen molar-refractivity contribution in [1.82, 2.24) is 0 Å². The molecule has 364 valence electrons.